The molecule has 2 unspecified atom stereocenters. The SMILES string of the molecule is CCNC(=NCC(C(C)C)N1CCOCC1)NCC(O)COCC(C)C. The van der Waals surface area contributed by atoms with Crippen LogP contribution in [0.1, 0.15) is 34.6 Å². The summed E-state index contributed by atoms with van der Waals surface area (Å²) in [5, 5.41) is 16.5. The van der Waals surface area contributed by atoms with Crippen LogP contribution in [0.15, 0.2) is 4.99 Å². The molecule has 26 heavy (non-hydrogen) atoms. The number of hydrogen-bond donors (Lipinski definition) is 3. The van der Waals surface area contributed by atoms with Crippen LogP contribution in [0.4, 0.5) is 0 Å². The Balaban J connectivity index is 2.49. The molecule has 0 saturated carbocycles. The lowest BCUT2D eigenvalue weighted by molar-refractivity contribution is 0.00865. The highest BCUT2D eigenvalue weighted by atomic mass is 16.5. The third-order valence-corrected chi connectivity index (χ3v) is 4.33. The number of rotatable bonds is 11. The maximum atomic E-state index is 10.1. The monoisotopic (exact) mass is 372 g/mol. The maximum Gasteiger partial charge on any atom is 0.191 e. The Morgan fingerprint density at radius 1 is 1.15 bits per heavy atom. The summed E-state index contributed by atoms with van der Waals surface area (Å²) in [6.07, 6.45) is -0.544. The molecule has 1 saturated heterocycles. The van der Waals surface area contributed by atoms with Gasteiger partial charge in [0.25, 0.3) is 0 Å². The topological polar surface area (TPSA) is 78.4 Å². The summed E-state index contributed by atoms with van der Waals surface area (Å²) in [6.45, 7) is 17.2. The minimum absolute atomic E-state index is 0.340. The van der Waals surface area contributed by atoms with E-state index in [-0.39, 0.29) is 0 Å². The van der Waals surface area contributed by atoms with Crippen molar-refractivity contribution in [1.82, 2.24) is 15.5 Å². The average Bonchev–Trinajstić information content (AvgIpc) is 2.60. The molecule has 0 aromatic rings. The van der Waals surface area contributed by atoms with E-state index < -0.39 is 6.10 Å². The number of nitrogens with one attached hydrogen (secondary N) is 2. The predicted molar refractivity (Wildman–Crippen MR) is 107 cm³/mol. The van der Waals surface area contributed by atoms with Crippen LogP contribution in [-0.4, -0.2) is 87.3 Å². The molecule has 0 aromatic carbocycles. The van der Waals surface area contributed by atoms with Crippen LogP contribution in [-0.2, 0) is 9.47 Å². The van der Waals surface area contributed by atoms with Crippen molar-refractivity contribution in [3.05, 3.63) is 0 Å². The first-order valence-corrected chi connectivity index (χ1v) is 10.0. The third-order valence-electron chi connectivity index (χ3n) is 4.33. The van der Waals surface area contributed by atoms with E-state index in [9.17, 15) is 5.11 Å². The van der Waals surface area contributed by atoms with Crippen LogP contribution in [0.3, 0.4) is 0 Å². The number of aliphatic imine (C=N–C) groups is 1. The Morgan fingerprint density at radius 2 is 1.85 bits per heavy atom. The van der Waals surface area contributed by atoms with E-state index in [4.69, 9.17) is 14.5 Å². The van der Waals surface area contributed by atoms with E-state index in [2.05, 4.69) is 43.2 Å². The zero-order chi connectivity index (χ0) is 19.4. The summed E-state index contributed by atoms with van der Waals surface area (Å²) in [5.41, 5.74) is 0. The number of nitrogens with zero attached hydrogens (tertiary/aromatic N) is 2. The fourth-order valence-corrected chi connectivity index (χ4v) is 2.90. The Bertz CT molecular complexity index is 385. The number of hydrogen-bond acceptors (Lipinski definition) is 5. The molecule has 1 rings (SSSR count). The van der Waals surface area contributed by atoms with Gasteiger partial charge in [0.2, 0.25) is 0 Å². The Labute approximate surface area is 159 Å². The molecule has 0 aromatic heterocycles. The molecule has 0 amide bonds. The second-order valence-electron chi connectivity index (χ2n) is 7.65. The van der Waals surface area contributed by atoms with Crippen molar-refractivity contribution >= 4 is 5.96 Å². The summed E-state index contributed by atoms with van der Waals surface area (Å²) in [4.78, 5) is 7.22. The lowest BCUT2D eigenvalue weighted by Crippen LogP contribution is -2.48. The predicted octanol–water partition coefficient (Wildman–Crippen LogP) is 0.932. The van der Waals surface area contributed by atoms with E-state index in [1.807, 2.05) is 6.92 Å². The minimum Gasteiger partial charge on any atom is -0.389 e. The molecule has 1 aliphatic heterocycles. The molecule has 0 spiro atoms. The highest BCUT2D eigenvalue weighted by Gasteiger charge is 2.23. The van der Waals surface area contributed by atoms with Crippen molar-refractivity contribution in [2.24, 2.45) is 16.8 Å². The summed E-state index contributed by atoms with van der Waals surface area (Å²) >= 11 is 0. The maximum absolute atomic E-state index is 10.1. The standard InChI is InChI=1S/C19H40N4O3/c1-6-20-19(21-11-17(24)14-26-13-15(2)3)22-12-18(16(4)5)23-7-9-25-10-8-23/h15-18,24H,6-14H2,1-5H3,(H2,20,21,22). The molecule has 7 nitrogen and oxygen atoms in total. The molecular formula is C19H40N4O3. The van der Waals surface area contributed by atoms with Gasteiger partial charge >= 0.3 is 0 Å². The highest BCUT2D eigenvalue weighted by molar-refractivity contribution is 5.79. The first kappa shape index (κ1) is 23.1. The molecule has 2 atom stereocenters. The smallest absolute Gasteiger partial charge is 0.191 e. The van der Waals surface area contributed by atoms with Gasteiger partial charge in [0, 0.05) is 38.8 Å². The molecular weight excluding hydrogens is 332 g/mol. The molecule has 3 N–H and O–H groups in total. The van der Waals surface area contributed by atoms with Gasteiger partial charge in [0.1, 0.15) is 0 Å². The van der Waals surface area contributed by atoms with Crippen molar-refractivity contribution in [3.8, 4) is 0 Å². The minimum atomic E-state index is -0.544. The Morgan fingerprint density at radius 3 is 2.42 bits per heavy atom. The first-order chi connectivity index (χ1) is 12.4. The molecule has 0 radical (unpaired) electrons. The normalized spacial score (nSPS) is 19.0. The molecule has 1 heterocycles. The van der Waals surface area contributed by atoms with Crippen LogP contribution in [0.25, 0.3) is 0 Å². The quantitative estimate of drug-likeness (QED) is 0.370. The zero-order valence-electron chi connectivity index (χ0n) is 17.3. The molecule has 7 heteroatoms. The fourth-order valence-electron chi connectivity index (χ4n) is 2.90. The van der Waals surface area contributed by atoms with E-state index in [1.54, 1.807) is 0 Å². The van der Waals surface area contributed by atoms with Gasteiger partial charge in [-0.25, -0.2) is 0 Å². The number of morpholine rings is 1. The second kappa shape index (κ2) is 13.3. The van der Waals surface area contributed by atoms with Gasteiger partial charge in [0.15, 0.2) is 5.96 Å². The largest absolute Gasteiger partial charge is 0.389 e. The Hall–Kier alpha value is -0.890. The van der Waals surface area contributed by atoms with Crippen LogP contribution in [0.2, 0.25) is 0 Å². The fraction of sp³-hybridized carbons (Fsp3) is 0.947. The van der Waals surface area contributed by atoms with Crippen LogP contribution < -0.4 is 10.6 Å². The van der Waals surface area contributed by atoms with Crippen molar-refractivity contribution in [3.63, 3.8) is 0 Å². The molecule has 0 aliphatic carbocycles. The second-order valence-corrected chi connectivity index (χ2v) is 7.65. The number of guanidine groups is 1. The van der Waals surface area contributed by atoms with E-state index >= 15 is 0 Å². The lowest BCUT2D eigenvalue weighted by atomic mass is 10.0. The third kappa shape index (κ3) is 9.71. The van der Waals surface area contributed by atoms with Crippen molar-refractivity contribution in [1.29, 1.82) is 0 Å². The highest BCUT2D eigenvalue weighted by Crippen LogP contribution is 2.13. The van der Waals surface area contributed by atoms with E-state index in [0.717, 1.165) is 45.4 Å². The van der Waals surface area contributed by atoms with Gasteiger partial charge in [-0.3, -0.25) is 9.89 Å². The van der Waals surface area contributed by atoms with E-state index in [0.29, 0.717) is 37.6 Å². The molecule has 1 fully saturated rings. The number of aliphatic hydroxyl groups excluding tert-OH is 1. The van der Waals surface area contributed by atoms with Crippen molar-refractivity contribution < 1.29 is 14.6 Å². The summed E-state index contributed by atoms with van der Waals surface area (Å²) in [7, 11) is 0. The molecule has 1 aliphatic rings. The van der Waals surface area contributed by atoms with E-state index in [1.165, 1.54) is 0 Å². The van der Waals surface area contributed by atoms with Gasteiger partial charge in [-0.15, -0.1) is 0 Å². The first-order valence-electron chi connectivity index (χ1n) is 10.0. The van der Waals surface area contributed by atoms with Gasteiger partial charge in [0.05, 0.1) is 32.5 Å². The average molecular weight is 373 g/mol. The number of aliphatic hydroxyl groups is 1. The summed E-state index contributed by atoms with van der Waals surface area (Å²) in [5.74, 6) is 1.74. The van der Waals surface area contributed by atoms with Crippen molar-refractivity contribution in [2.75, 3.05) is 59.2 Å². The van der Waals surface area contributed by atoms with Gasteiger partial charge < -0.3 is 25.2 Å². The lowest BCUT2D eigenvalue weighted by Gasteiger charge is -2.36. The number of ether oxygens (including phenoxy) is 2. The molecule has 154 valence electrons. The van der Waals surface area contributed by atoms with Gasteiger partial charge in [-0.1, -0.05) is 27.7 Å². The molecule has 0 bridgehead atoms. The summed E-state index contributed by atoms with van der Waals surface area (Å²) in [6, 6.07) is 0.397. The van der Waals surface area contributed by atoms with Crippen LogP contribution >= 0.6 is 0 Å². The Kier molecular flexibility index (Phi) is 11.8. The summed E-state index contributed by atoms with van der Waals surface area (Å²) < 4.78 is 11.0. The van der Waals surface area contributed by atoms with Gasteiger partial charge in [-0.05, 0) is 18.8 Å². The van der Waals surface area contributed by atoms with Crippen LogP contribution in [0.5, 0.6) is 0 Å². The van der Waals surface area contributed by atoms with Crippen LogP contribution in [0, 0.1) is 11.8 Å². The zero-order valence-corrected chi connectivity index (χ0v) is 17.3. The van der Waals surface area contributed by atoms with Crippen molar-refractivity contribution in [2.45, 2.75) is 46.8 Å². The van der Waals surface area contributed by atoms with Gasteiger partial charge in [-0.2, -0.15) is 0 Å².